The van der Waals surface area contributed by atoms with Gasteiger partial charge in [-0.05, 0) is 12.1 Å². The van der Waals surface area contributed by atoms with E-state index in [1.54, 1.807) is 18.2 Å². The molecular formula is C9H8N4O2. The van der Waals surface area contributed by atoms with Crippen molar-refractivity contribution in [1.82, 2.24) is 15.2 Å². The fourth-order valence-corrected chi connectivity index (χ4v) is 1.09. The highest BCUT2D eigenvalue weighted by Crippen LogP contribution is 2.23. The van der Waals surface area contributed by atoms with Crippen LogP contribution in [-0.4, -0.2) is 20.3 Å². The molecule has 6 nitrogen and oxygen atoms in total. The van der Waals surface area contributed by atoms with Crippen molar-refractivity contribution in [3.63, 3.8) is 0 Å². The fourth-order valence-electron chi connectivity index (χ4n) is 1.09. The molecule has 1 aromatic carbocycles. The Balaban J connectivity index is 2.30. The lowest BCUT2D eigenvalue weighted by molar-refractivity contribution is 0.477. The lowest BCUT2D eigenvalue weighted by Gasteiger charge is -2.05. The van der Waals surface area contributed by atoms with E-state index >= 15 is 0 Å². The minimum absolute atomic E-state index is 0.0829. The van der Waals surface area contributed by atoms with Gasteiger partial charge in [-0.25, -0.2) is 9.89 Å². The Kier molecular flexibility index (Phi) is 2.32. The molecule has 1 aromatic heterocycles. The van der Waals surface area contributed by atoms with Gasteiger partial charge in [0.05, 0.1) is 11.9 Å². The quantitative estimate of drug-likeness (QED) is 0.623. The van der Waals surface area contributed by atoms with Gasteiger partial charge in [0, 0.05) is 0 Å². The number of hydrogen-bond acceptors (Lipinski definition) is 5. The maximum absolute atomic E-state index is 10.8. The van der Waals surface area contributed by atoms with Crippen molar-refractivity contribution >= 4 is 11.5 Å². The van der Waals surface area contributed by atoms with Crippen LogP contribution >= 0.6 is 0 Å². The fraction of sp³-hybridized carbons (Fsp3) is 0. The summed E-state index contributed by atoms with van der Waals surface area (Å²) in [4.78, 5) is 14.4. The van der Waals surface area contributed by atoms with Gasteiger partial charge in [0.25, 0.3) is 0 Å². The summed E-state index contributed by atoms with van der Waals surface area (Å²) in [5, 5.41) is 17.9. The molecule has 0 fully saturated rings. The van der Waals surface area contributed by atoms with E-state index in [-0.39, 0.29) is 11.6 Å². The van der Waals surface area contributed by atoms with Crippen molar-refractivity contribution in [3.05, 3.63) is 40.9 Å². The molecule has 0 atom stereocenters. The van der Waals surface area contributed by atoms with Gasteiger partial charge >= 0.3 is 5.69 Å². The van der Waals surface area contributed by atoms with Crippen molar-refractivity contribution in [1.29, 1.82) is 0 Å². The minimum Gasteiger partial charge on any atom is -0.506 e. The molecule has 0 amide bonds. The minimum atomic E-state index is -0.546. The van der Waals surface area contributed by atoms with Crippen LogP contribution in [0.2, 0.25) is 0 Å². The summed E-state index contributed by atoms with van der Waals surface area (Å²) in [7, 11) is 0. The molecule has 0 saturated heterocycles. The second-order valence-corrected chi connectivity index (χ2v) is 2.81. The molecule has 0 radical (unpaired) electrons. The van der Waals surface area contributed by atoms with E-state index in [1.807, 2.05) is 0 Å². The molecular weight excluding hydrogens is 196 g/mol. The summed E-state index contributed by atoms with van der Waals surface area (Å²) in [5.74, 6) is 0.361. The first-order valence-electron chi connectivity index (χ1n) is 4.22. The van der Waals surface area contributed by atoms with Crippen LogP contribution in [0.4, 0.5) is 11.5 Å². The third kappa shape index (κ3) is 2.11. The number of hydrogen-bond donors (Lipinski definition) is 3. The largest absolute Gasteiger partial charge is 0.506 e. The first kappa shape index (κ1) is 9.20. The van der Waals surface area contributed by atoms with Crippen molar-refractivity contribution in [2.24, 2.45) is 0 Å². The summed E-state index contributed by atoms with van der Waals surface area (Å²) in [6, 6.07) is 6.65. The number of phenols is 1. The summed E-state index contributed by atoms with van der Waals surface area (Å²) < 4.78 is 0. The molecule has 2 rings (SSSR count). The number of rotatable bonds is 2. The maximum atomic E-state index is 10.8. The molecule has 1 heterocycles. The highest BCUT2D eigenvalue weighted by molar-refractivity contribution is 5.62. The smallest absolute Gasteiger partial charge is 0.363 e. The molecule has 0 spiro atoms. The molecule has 15 heavy (non-hydrogen) atoms. The van der Waals surface area contributed by atoms with Crippen molar-refractivity contribution < 1.29 is 5.11 Å². The van der Waals surface area contributed by atoms with Crippen LogP contribution in [0.15, 0.2) is 35.3 Å². The Morgan fingerprint density at radius 2 is 2.13 bits per heavy atom. The second-order valence-electron chi connectivity index (χ2n) is 2.81. The molecule has 0 aliphatic rings. The molecule has 0 bridgehead atoms. The number of nitrogens with zero attached hydrogens (tertiary/aromatic N) is 2. The Morgan fingerprint density at radius 3 is 2.87 bits per heavy atom. The number of H-pyrrole nitrogens is 1. The predicted octanol–water partition coefficient (Wildman–Crippen LogP) is 0.614. The molecule has 0 aliphatic carbocycles. The second kappa shape index (κ2) is 3.79. The highest BCUT2D eigenvalue weighted by atomic mass is 16.3. The Bertz CT molecular complexity index is 523. The van der Waals surface area contributed by atoms with Crippen molar-refractivity contribution in [2.45, 2.75) is 0 Å². The first-order chi connectivity index (χ1) is 7.25. The van der Waals surface area contributed by atoms with E-state index in [4.69, 9.17) is 0 Å². The van der Waals surface area contributed by atoms with Gasteiger partial charge in [0.15, 0.2) is 5.82 Å². The topological polar surface area (TPSA) is 90.9 Å². The summed E-state index contributed by atoms with van der Waals surface area (Å²) in [6.45, 7) is 0. The first-order valence-corrected chi connectivity index (χ1v) is 4.22. The third-order valence-corrected chi connectivity index (χ3v) is 1.74. The van der Waals surface area contributed by atoms with Gasteiger partial charge in [-0.2, -0.15) is 10.1 Å². The SMILES string of the molecule is O=c1nc(Nc2ccccc2O)cn[nH]1. The zero-order valence-electron chi connectivity index (χ0n) is 7.64. The Morgan fingerprint density at radius 1 is 1.33 bits per heavy atom. The van der Waals surface area contributed by atoms with Crippen LogP contribution in [0.1, 0.15) is 0 Å². The number of para-hydroxylation sites is 2. The van der Waals surface area contributed by atoms with Gasteiger partial charge in [-0.15, -0.1) is 0 Å². The number of aromatic amines is 1. The number of benzene rings is 1. The summed E-state index contributed by atoms with van der Waals surface area (Å²) in [6.07, 6.45) is 1.36. The Labute approximate surface area is 84.6 Å². The molecule has 2 aromatic rings. The monoisotopic (exact) mass is 204 g/mol. The van der Waals surface area contributed by atoms with Crippen molar-refractivity contribution in [2.75, 3.05) is 5.32 Å². The molecule has 0 unspecified atom stereocenters. The van der Waals surface area contributed by atoms with Gasteiger partial charge < -0.3 is 10.4 Å². The molecule has 0 saturated carbocycles. The molecule has 0 aliphatic heterocycles. The van der Waals surface area contributed by atoms with Crippen molar-refractivity contribution in [3.8, 4) is 5.75 Å². The van der Waals surface area contributed by atoms with E-state index in [1.165, 1.54) is 12.3 Å². The zero-order valence-corrected chi connectivity index (χ0v) is 7.64. The van der Waals surface area contributed by atoms with Crippen LogP contribution in [0.25, 0.3) is 0 Å². The number of aromatic hydroxyl groups is 1. The van der Waals surface area contributed by atoms with Gasteiger partial charge in [-0.3, -0.25) is 0 Å². The average Bonchev–Trinajstić information content (AvgIpc) is 2.22. The Hall–Kier alpha value is -2.37. The average molecular weight is 204 g/mol. The lowest BCUT2D eigenvalue weighted by Crippen LogP contribution is -2.13. The van der Waals surface area contributed by atoms with Crippen LogP contribution in [-0.2, 0) is 0 Å². The zero-order chi connectivity index (χ0) is 10.7. The number of anilines is 2. The predicted molar refractivity (Wildman–Crippen MR) is 54.0 cm³/mol. The van der Waals surface area contributed by atoms with E-state index in [0.717, 1.165) is 0 Å². The maximum Gasteiger partial charge on any atom is 0.363 e. The number of aromatic nitrogens is 3. The summed E-state index contributed by atoms with van der Waals surface area (Å²) >= 11 is 0. The van der Waals surface area contributed by atoms with E-state index < -0.39 is 5.69 Å². The van der Waals surface area contributed by atoms with Crippen LogP contribution in [0.5, 0.6) is 5.75 Å². The van der Waals surface area contributed by atoms with E-state index in [2.05, 4.69) is 20.5 Å². The molecule has 3 N–H and O–H groups in total. The number of phenolic OH excluding ortho intramolecular Hbond substituents is 1. The third-order valence-electron chi connectivity index (χ3n) is 1.74. The van der Waals surface area contributed by atoms with Gasteiger partial charge in [-0.1, -0.05) is 12.1 Å². The van der Waals surface area contributed by atoms with E-state index in [9.17, 15) is 9.90 Å². The van der Waals surface area contributed by atoms with Gasteiger partial charge in [0.1, 0.15) is 5.75 Å². The van der Waals surface area contributed by atoms with Crippen LogP contribution in [0.3, 0.4) is 0 Å². The highest BCUT2D eigenvalue weighted by Gasteiger charge is 2.01. The standard InChI is InChI=1S/C9H8N4O2/c14-7-4-2-1-3-6(7)11-8-5-10-13-9(15)12-8/h1-5,14H,(H2,11,12,13,15). The normalized spacial score (nSPS) is 9.87. The van der Waals surface area contributed by atoms with Gasteiger partial charge in [0.2, 0.25) is 0 Å². The molecule has 6 heteroatoms. The van der Waals surface area contributed by atoms with Crippen LogP contribution in [0, 0.1) is 0 Å². The summed E-state index contributed by atoms with van der Waals surface area (Å²) in [5.41, 5.74) is -0.0761. The number of nitrogens with one attached hydrogen (secondary N) is 2. The molecule has 76 valence electrons. The van der Waals surface area contributed by atoms with E-state index in [0.29, 0.717) is 5.69 Å². The lowest BCUT2D eigenvalue weighted by atomic mass is 10.3. The van der Waals surface area contributed by atoms with Crippen LogP contribution < -0.4 is 11.0 Å².